The van der Waals surface area contributed by atoms with Crippen molar-refractivity contribution < 1.29 is 9.32 Å². The van der Waals surface area contributed by atoms with E-state index in [0.717, 1.165) is 5.56 Å². The summed E-state index contributed by atoms with van der Waals surface area (Å²) in [6.45, 7) is 7.00. The second-order valence-corrected chi connectivity index (χ2v) is 4.71. The first-order valence-electron chi connectivity index (χ1n) is 7.17. The maximum atomic E-state index is 12.3. The lowest BCUT2D eigenvalue weighted by atomic mass is 10.1. The summed E-state index contributed by atoms with van der Waals surface area (Å²) in [5, 5.41) is 32.5. The van der Waals surface area contributed by atoms with Gasteiger partial charge in [0.2, 0.25) is 0 Å². The van der Waals surface area contributed by atoms with Gasteiger partial charge in [0.05, 0.1) is 23.2 Å². The summed E-state index contributed by atoms with van der Waals surface area (Å²) in [6, 6.07) is 13.6. The minimum absolute atomic E-state index is 0.291. The Morgan fingerprint density at radius 1 is 1.22 bits per heavy atom. The molecule has 1 aromatic heterocycles. The summed E-state index contributed by atoms with van der Waals surface area (Å²) in [7, 11) is 0. The number of carbonyl (C=O) groups is 1. The quantitative estimate of drug-likeness (QED) is 0.412. The molecule has 0 aliphatic heterocycles. The Morgan fingerprint density at radius 2 is 1.96 bits per heavy atom. The molecule has 0 radical (unpaired) electrons. The van der Waals surface area contributed by atoms with Crippen LogP contribution < -0.4 is 11.2 Å². The van der Waals surface area contributed by atoms with Crippen molar-refractivity contribution in [3.05, 3.63) is 59.2 Å². The van der Waals surface area contributed by atoms with Crippen molar-refractivity contribution in [1.82, 2.24) is 5.16 Å². The molecule has 1 heterocycles. The summed E-state index contributed by atoms with van der Waals surface area (Å²) in [4.78, 5) is 12.3. The average molecular weight is 359 g/mol. The number of fused-ring (bicyclic) bond motifs is 1. The standard InChI is InChI=1S/C16H11N5O2.2CHN/c17-8-10-2-1-3-12(6-10)16(22)20-15-13-7-11(9-19-18)4-5-14(13)23-21-15;2*1-2/h1-7,9H,18H2,(H,20,21,22);2*1H. The molecular formula is C18H13N7O2. The Morgan fingerprint density at radius 3 is 2.63 bits per heavy atom. The van der Waals surface area contributed by atoms with E-state index in [4.69, 9.17) is 26.2 Å². The van der Waals surface area contributed by atoms with Gasteiger partial charge in [-0.2, -0.15) is 10.4 Å². The number of nitriles is 3. The Balaban J connectivity index is 0.000000855. The molecule has 9 nitrogen and oxygen atoms in total. The summed E-state index contributed by atoms with van der Waals surface area (Å²) in [5.74, 6) is 5.05. The van der Waals surface area contributed by atoms with Crippen molar-refractivity contribution in [2.45, 2.75) is 0 Å². The van der Waals surface area contributed by atoms with E-state index in [1.807, 2.05) is 6.07 Å². The van der Waals surface area contributed by atoms with E-state index in [-0.39, 0.29) is 5.91 Å². The molecule has 0 unspecified atom stereocenters. The molecule has 0 bridgehead atoms. The van der Waals surface area contributed by atoms with Crippen molar-refractivity contribution in [1.29, 1.82) is 15.8 Å². The smallest absolute Gasteiger partial charge is 0.256 e. The third-order valence-electron chi connectivity index (χ3n) is 3.20. The third kappa shape index (κ3) is 4.90. The van der Waals surface area contributed by atoms with Crippen LogP contribution in [-0.4, -0.2) is 17.3 Å². The number of hydrogen-bond acceptors (Lipinski definition) is 8. The largest absolute Gasteiger partial charge is 0.354 e. The molecule has 3 N–H and O–H groups in total. The number of nitrogens with zero attached hydrogens (tertiary/aromatic N) is 5. The maximum absolute atomic E-state index is 12.3. The lowest BCUT2D eigenvalue weighted by molar-refractivity contribution is 0.102. The van der Waals surface area contributed by atoms with Gasteiger partial charge in [0.1, 0.15) is 0 Å². The number of carbonyl (C=O) groups excluding carboxylic acids is 1. The Kier molecular flexibility index (Phi) is 7.72. The van der Waals surface area contributed by atoms with Gasteiger partial charge in [-0.3, -0.25) is 4.79 Å². The van der Waals surface area contributed by atoms with Gasteiger partial charge in [-0.1, -0.05) is 11.2 Å². The van der Waals surface area contributed by atoms with E-state index >= 15 is 0 Å². The van der Waals surface area contributed by atoms with E-state index in [2.05, 4.69) is 28.7 Å². The van der Waals surface area contributed by atoms with Crippen LogP contribution in [0.4, 0.5) is 5.82 Å². The van der Waals surface area contributed by atoms with Gasteiger partial charge < -0.3 is 15.7 Å². The van der Waals surface area contributed by atoms with Crippen LogP contribution in [0.3, 0.4) is 0 Å². The molecule has 1 amide bonds. The zero-order valence-corrected chi connectivity index (χ0v) is 13.9. The normalized spacial score (nSPS) is 9.30. The predicted molar refractivity (Wildman–Crippen MR) is 98.2 cm³/mol. The van der Waals surface area contributed by atoms with Crippen LogP contribution in [0.2, 0.25) is 0 Å². The number of nitrogens with one attached hydrogen (secondary N) is 1. The molecule has 0 fully saturated rings. The minimum Gasteiger partial charge on any atom is -0.354 e. The first-order valence-corrected chi connectivity index (χ1v) is 7.17. The van der Waals surface area contributed by atoms with Gasteiger partial charge in [-0.05, 0) is 42.0 Å². The number of hydrogen-bond donors (Lipinski definition) is 2. The molecule has 3 rings (SSSR count). The average Bonchev–Trinajstić information content (AvgIpc) is 3.13. The number of aromatic nitrogens is 1. The van der Waals surface area contributed by atoms with Crippen molar-refractivity contribution in [2.75, 3.05) is 5.32 Å². The van der Waals surface area contributed by atoms with Crippen molar-refractivity contribution in [2.24, 2.45) is 10.9 Å². The first-order chi connectivity index (χ1) is 13.2. The van der Waals surface area contributed by atoms with Gasteiger partial charge in [0.25, 0.3) is 5.91 Å². The topological polar surface area (TPSA) is 165 Å². The van der Waals surface area contributed by atoms with E-state index in [9.17, 15) is 4.79 Å². The molecule has 0 spiro atoms. The van der Waals surface area contributed by atoms with Crippen LogP contribution in [0.5, 0.6) is 0 Å². The van der Waals surface area contributed by atoms with E-state index in [1.165, 1.54) is 12.3 Å². The lowest BCUT2D eigenvalue weighted by Gasteiger charge is -2.02. The number of rotatable bonds is 3. The Bertz CT molecular complexity index is 1040. The fraction of sp³-hybridized carbons (Fsp3) is 0. The molecule has 27 heavy (non-hydrogen) atoms. The summed E-state index contributed by atoms with van der Waals surface area (Å²) >= 11 is 0. The second kappa shape index (κ2) is 10.2. The fourth-order valence-electron chi connectivity index (χ4n) is 2.12. The van der Waals surface area contributed by atoms with Crippen LogP contribution in [0.1, 0.15) is 21.5 Å². The third-order valence-corrected chi connectivity index (χ3v) is 3.20. The fourth-order valence-corrected chi connectivity index (χ4v) is 2.12. The molecule has 2 aromatic carbocycles. The second-order valence-electron chi connectivity index (χ2n) is 4.71. The first kappa shape index (κ1) is 20.4. The van der Waals surface area contributed by atoms with Gasteiger partial charge in [-0.15, -0.1) is 0 Å². The maximum Gasteiger partial charge on any atom is 0.256 e. The lowest BCUT2D eigenvalue weighted by Crippen LogP contribution is -2.12. The van der Waals surface area contributed by atoms with Gasteiger partial charge in [0.15, 0.2) is 11.4 Å². The molecule has 0 saturated heterocycles. The van der Waals surface area contributed by atoms with E-state index in [1.54, 1.807) is 36.4 Å². The van der Waals surface area contributed by atoms with Crippen molar-refractivity contribution >= 4 is 28.9 Å². The number of nitrogens with two attached hydrogens (primary N) is 1. The molecule has 0 aliphatic rings. The minimum atomic E-state index is -0.379. The monoisotopic (exact) mass is 359 g/mol. The highest BCUT2D eigenvalue weighted by molar-refractivity contribution is 6.08. The van der Waals surface area contributed by atoms with Crippen LogP contribution in [0.15, 0.2) is 52.1 Å². The number of amides is 1. The number of anilines is 1. The molecule has 3 aromatic rings. The zero-order valence-electron chi connectivity index (χ0n) is 13.9. The van der Waals surface area contributed by atoms with Crippen LogP contribution in [0, 0.1) is 35.0 Å². The molecule has 132 valence electrons. The number of hydrazone groups is 1. The van der Waals surface area contributed by atoms with Crippen LogP contribution in [-0.2, 0) is 0 Å². The van der Waals surface area contributed by atoms with Gasteiger partial charge in [0, 0.05) is 18.7 Å². The highest BCUT2D eigenvalue weighted by Crippen LogP contribution is 2.24. The molecule has 0 atom stereocenters. The SMILES string of the molecule is C#N.C#N.N#Cc1cccc(C(=O)Nc2noc3ccc(C=NN)cc23)c1. The highest BCUT2D eigenvalue weighted by Gasteiger charge is 2.13. The van der Waals surface area contributed by atoms with E-state index < -0.39 is 0 Å². The highest BCUT2D eigenvalue weighted by atomic mass is 16.5. The Labute approximate surface area is 154 Å². The molecule has 0 aliphatic carbocycles. The summed E-state index contributed by atoms with van der Waals surface area (Å²) in [6.07, 6.45) is 1.48. The molecular weight excluding hydrogens is 346 g/mol. The number of benzene rings is 2. The van der Waals surface area contributed by atoms with Crippen LogP contribution >= 0.6 is 0 Å². The van der Waals surface area contributed by atoms with Crippen molar-refractivity contribution in [3.63, 3.8) is 0 Å². The zero-order chi connectivity index (χ0) is 20.2. The summed E-state index contributed by atoms with van der Waals surface area (Å²) < 4.78 is 5.17. The van der Waals surface area contributed by atoms with Crippen molar-refractivity contribution in [3.8, 4) is 19.2 Å². The molecule has 0 saturated carbocycles. The van der Waals surface area contributed by atoms with E-state index in [0.29, 0.717) is 27.9 Å². The van der Waals surface area contributed by atoms with Crippen LogP contribution in [0.25, 0.3) is 11.0 Å². The van der Waals surface area contributed by atoms with Gasteiger partial charge >= 0.3 is 0 Å². The summed E-state index contributed by atoms with van der Waals surface area (Å²) in [5.41, 5.74) is 2.05. The van der Waals surface area contributed by atoms with Gasteiger partial charge in [-0.25, -0.2) is 10.5 Å². The predicted octanol–water partition coefficient (Wildman–Crippen LogP) is 2.52. The molecule has 9 heteroatoms. The Hall–Kier alpha value is -4.68.